The molecule has 0 amide bonds. The SMILES string of the molecule is C=C(O)c1cn2c(cc1=O)-c1cc(Cl)c(OC)cc1CC2C. The van der Waals surface area contributed by atoms with Crippen LogP contribution in [-0.2, 0) is 6.42 Å². The Balaban J connectivity index is 2.29. The predicted octanol–water partition coefficient (Wildman–Crippen LogP) is 3.82. The molecule has 0 spiro atoms. The molecule has 0 aliphatic carbocycles. The summed E-state index contributed by atoms with van der Waals surface area (Å²) in [5.74, 6) is 0.412. The van der Waals surface area contributed by atoms with Gasteiger partial charge < -0.3 is 14.4 Å². The molecule has 3 rings (SSSR count). The Morgan fingerprint density at radius 3 is 2.82 bits per heavy atom. The number of methoxy groups -OCH3 is 1. The van der Waals surface area contributed by atoms with Crippen LogP contribution in [-0.4, -0.2) is 16.8 Å². The van der Waals surface area contributed by atoms with E-state index in [1.807, 2.05) is 16.7 Å². The first-order chi connectivity index (χ1) is 10.4. The third-order valence-corrected chi connectivity index (χ3v) is 4.33. The second-order valence-electron chi connectivity index (χ2n) is 5.49. The molecule has 4 nitrogen and oxygen atoms in total. The maximum Gasteiger partial charge on any atom is 0.193 e. The number of halogens is 1. The minimum atomic E-state index is -0.259. The highest BCUT2D eigenvalue weighted by Gasteiger charge is 2.24. The van der Waals surface area contributed by atoms with Gasteiger partial charge >= 0.3 is 0 Å². The van der Waals surface area contributed by atoms with Gasteiger partial charge in [-0.3, -0.25) is 4.79 Å². The fourth-order valence-electron chi connectivity index (χ4n) is 2.92. The highest BCUT2D eigenvalue weighted by Crippen LogP contribution is 2.39. The number of aliphatic hydroxyl groups excluding tert-OH is 1. The molecule has 0 bridgehead atoms. The van der Waals surface area contributed by atoms with Crippen molar-refractivity contribution in [3.05, 3.63) is 57.3 Å². The molecular formula is C17H16ClNO3. The lowest BCUT2D eigenvalue weighted by Crippen LogP contribution is -2.22. The molecule has 1 aliphatic rings. The summed E-state index contributed by atoms with van der Waals surface area (Å²) >= 11 is 6.22. The number of fused-ring (bicyclic) bond motifs is 3. The molecule has 0 fully saturated rings. The summed E-state index contributed by atoms with van der Waals surface area (Å²) in [4.78, 5) is 12.2. The van der Waals surface area contributed by atoms with Gasteiger partial charge in [0.25, 0.3) is 0 Å². The highest BCUT2D eigenvalue weighted by atomic mass is 35.5. The summed E-state index contributed by atoms with van der Waals surface area (Å²) in [6.07, 6.45) is 2.45. The largest absolute Gasteiger partial charge is 0.508 e. The molecule has 1 atom stereocenters. The number of aromatic nitrogens is 1. The second-order valence-corrected chi connectivity index (χ2v) is 5.89. The van der Waals surface area contributed by atoms with Gasteiger partial charge in [-0.1, -0.05) is 18.2 Å². The van der Waals surface area contributed by atoms with Crippen LogP contribution in [0.25, 0.3) is 17.0 Å². The summed E-state index contributed by atoms with van der Waals surface area (Å²) in [6, 6.07) is 5.40. The number of benzene rings is 1. The molecule has 1 aromatic carbocycles. The van der Waals surface area contributed by atoms with Gasteiger partial charge in [-0.05, 0) is 31.0 Å². The maximum absolute atomic E-state index is 12.2. The minimum Gasteiger partial charge on any atom is -0.508 e. The van der Waals surface area contributed by atoms with Crippen molar-refractivity contribution in [2.24, 2.45) is 0 Å². The van der Waals surface area contributed by atoms with E-state index in [2.05, 4.69) is 13.5 Å². The summed E-state index contributed by atoms with van der Waals surface area (Å²) in [7, 11) is 1.58. The van der Waals surface area contributed by atoms with Crippen LogP contribution < -0.4 is 10.2 Å². The maximum atomic E-state index is 12.2. The normalized spacial score (nSPS) is 15.9. The zero-order chi connectivity index (χ0) is 16.0. The number of pyridine rings is 1. The molecule has 5 heteroatoms. The Morgan fingerprint density at radius 2 is 2.18 bits per heavy atom. The van der Waals surface area contributed by atoms with Crippen molar-refractivity contribution in [3.63, 3.8) is 0 Å². The molecule has 2 aromatic rings. The van der Waals surface area contributed by atoms with Crippen molar-refractivity contribution in [1.29, 1.82) is 0 Å². The van der Waals surface area contributed by atoms with Crippen LogP contribution in [0.1, 0.15) is 24.1 Å². The van der Waals surface area contributed by atoms with E-state index in [4.69, 9.17) is 16.3 Å². The molecule has 22 heavy (non-hydrogen) atoms. The van der Waals surface area contributed by atoms with Gasteiger partial charge in [0.15, 0.2) is 5.43 Å². The minimum absolute atomic E-state index is 0.145. The molecule has 114 valence electrons. The van der Waals surface area contributed by atoms with Crippen molar-refractivity contribution in [3.8, 4) is 17.0 Å². The van der Waals surface area contributed by atoms with Crippen LogP contribution in [0.2, 0.25) is 5.02 Å². The van der Waals surface area contributed by atoms with Crippen molar-refractivity contribution >= 4 is 17.4 Å². The van der Waals surface area contributed by atoms with E-state index < -0.39 is 0 Å². The zero-order valence-electron chi connectivity index (χ0n) is 12.4. The monoisotopic (exact) mass is 317 g/mol. The average molecular weight is 318 g/mol. The molecule has 0 radical (unpaired) electrons. The Labute approximate surface area is 133 Å². The van der Waals surface area contributed by atoms with E-state index in [9.17, 15) is 9.90 Å². The molecular weight excluding hydrogens is 302 g/mol. The molecule has 1 N–H and O–H groups in total. The summed E-state index contributed by atoms with van der Waals surface area (Å²) in [5, 5.41) is 10.1. The van der Waals surface area contributed by atoms with Gasteiger partial charge in [-0.25, -0.2) is 0 Å². The number of ether oxygens (including phenoxy) is 1. The zero-order valence-corrected chi connectivity index (χ0v) is 13.1. The third kappa shape index (κ3) is 2.20. The van der Waals surface area contributed by atoms with Crippen LogP contribution in [0.4, 0.5) is 0 Å². The first kappa shape index (κ1) is 14.7. The van der Waals surface area contributed by atoms with Crippen molar-refractivity contribution < 1.29 is 9.84 Å². The molecule has 1 aromatic heterocycles. The Bertz CT molecular complexity index is 839. The van der Waals surface area contributed by atoms with Crippen LogP contribution in [0.3, 0.4) is 0 Å². The number of hydrogen-bond acceptors (Lipinski definition) is 3. The van der Waals surface area contributed by atoms with E-state index in [1.54, 1.807) is 13.3 Å². The van der Waals surface area contributed by atoms with Crippen LogP contribution in [0.15, 0.2) is 35.8 Å². The number of nitrogens with zero attached hydrogens (tertiary/aromatic N) is 1. The van der Waals surface area contributed by atoms with Gasteiger partial charge in [0, 0.05) is 23.9 Å². The second kappa shape index (κ2) is 5.21. The first-order valence-electron chi connectivity index (χ1n) is 6.93. The fraction of sp³-hybridized carbons (Fsp3) is 0.235. The lowest BCUT2D eigenvalue weighted by molar-refractivity contribution is 0.413. The topological polar surface area (TPSA) is 51.5 Å². The summed E-state index contributed by atoms with van der Waals surface area (Å²) in [6.45, 7) is 5.50. The number of hydrogen-bond donors (Lipinski definition) is 1. The van der Waals surface area contributed by atoms with E-state index >= 15 is 0 Å². The molecule has 1 aliphatic heterocycles. The van der Waals surface area contributed by atoms with Crippen molar-refractivity contribution in [1.82, 2.24) is 4.57 Å². The van der Waals surface area contributed by atoms with Gasteiger partial charge in [-0.2, -0.15) is 0 Å². The molecule has 0 saturated carbocycles. The van der Waals surface area contributed by atoms with Crippen LogP contribution >= 0.6 is 11.6 Å². The summed E-state index contributed by atoms with van der Waals surface area (Å²) < 4.78 is 7.24. The smallest absolute Gasteiger partial charge is 0.193 e. The third-order valence-electron chi connectivity index (χ3n) is 4.03. The van der Waals surface area contributed by atoms with E-state index in [-0.39, 0.29) is 22.8 Å². The number of aliphatic hydroxyl groups is 1. The first-order valence-corrected chi connectivity index (χ1v) is 7.31. The average Bonchev–Trinajstić information content (AvgIpc) is 2.47. The standard InChI is InChI=1S/C17H16ClNO3/c1-9-4-11-5-17(22-3)14(18)6-12(11)15-7-16(21)13(10(2)20)8-19(9)15/h5-9,20H,2,4H2,1,3H3. The van der Waals surface area contributed by atoms with Gasteiger partial charge in [-0.15, -0.1) is 0 Å². The predicted molar refractivity (Wildman–Crippen MR) is 87.8 cm³/mol. The lowest BCUT2D eigenvalue weighted by Gasteiger charge is -2.29. The van der Waals surface area contributed by atoms with Crippen molar-refractivity contribution in [2.45, 2.75) is 19.4 Å². The Kier molecular flexibility index (Phi) is 3.49. The van der Waals surface area contributed by atoms with Crippen molar-refractivity contribution in [2.75, 3.05) is 7.11 Å². The quantitative estimate of drug-likeness (QED) is 0.857. The fourth-order valence-corrected chi connectivity index (χ4v) is 3.16. The van der Waals surface area contributed by atoms with E-state index in [0.29, 0.717) is 10.8 Å². The molecule has 0 saturated heterocycles. The van der Waals surface area contributed by atoms with Crippen LogP contribution in [0.5, 0.6) is 5.75 Å². The van der Waals surface area contributed by atoms with Gasteiger partial charge in [0.2, 0.25) is 0 Å². The van der Waals surface area contributed by atoms with E-state index in [0.717, 1.165) is 23.2 Å². The van der Waals surface area contributed by atoms with Gasteiger partial charge in [0.1, 0.15) is 11.5 Å². The Hall–Kier alpha value is -2.20. The van der Waals surface area contributed by atoms with E-state index in [1.165, 1.54) is 6.07 Å². The summed E-state index contributed by atoms with van der Waals surface area (Å²) in [5.41, 5.74) is 2.75. The lowest BCUT2D eigenvalue weighted by atomic mass is 9.92. The Morgan fingerprint density at radius 1 is 1.45 bits per heavy atom. The number of rotatable bonds is 2. The molecule has 2 heterocycles. The van der Waals surface area contributed by atoms with Gasteiger partial charge in [0.05, 0.1) is 23.4 Å². The molecule has 1 unspecified atom stereocenters. The van der Waals surface area contributed by atoms with Crippen LogP contribution in [0, 0.1) is 0 Å². The highest BCUT2D eigenvalue weighted by molar-refractivity contribution is 6.32.